The second-order valence-electron chi connectivity index (χ2n) is 5.80. The smallest absolute Gasteiger partial charge is 0.265 e. The predicted octanol–water partition coefficient (Wildman–Crippen LogP) is 3.39. The lowest BCUT2D eigenvalue weighted by Crippen LogP contribution is -2.09. The molecule has 0 aliphatic rings. The molecule has 3 rings (SSSR count). The van der Waals surface area contributed by atoms with Crippen molar-refractivity contribution in [2.75, 3.05) is 5.32 Å². The van der Waals surface area contributed by atoms with Gasteiger partial charge in [0.25, 0.3) is 5.91 Å². The van der Waals surface area contributed by atoms with Gasteiger partial charge in [-0.2, -0.15) is 10.2 Å². The number of nitrogens with one attached hydrogen (secondary N) is 1. The average molecular weight is 343 g/mol. The van der Waals surface area contributed by atoms with Crippen LogP contribution < -0.4 is 5.32 Å². The fourth-order valence-corrected chi connectivity index (χ4v) is 3.46. The number of carbonyl (C=O) groups excluding carboxylic acids is 1. The maximum Gasteiger partial charge on any atom is 0.265 e. The van der Waals surface area contributed by atoms with Gasteiger partial charge in [-0.25, -0.2) is 0 Å². The van der Waals surface area contributed by atoms with Crippen molar-refractivity contribution in [1.29, 1.82) is 0 Å². The quantitative estimate of drug-likeness (QED) is 0.772. The number of aromatic nitrogens is 4. The lowest BCUT2D eigenvalue weighted by Gasteiger charge is -2.03. The molecular weight excluding hydrogens is 322 g/mol. The van der Waals surface area contributed by atoms with E-state index in [2.05, 4.69) is 29.4 Å². The summed E-state index contributed by atoms with van der Waals surface area (Å²) in [7, 11) is 0. The van der Waals surface area contributed by atoms with Crippen molar-refractivity contribution in [3.8, 4) is 0 Å². The van der Waals surface area contributed by atoms with E-state index in [0.29, 0.717) is 12.2 Å². The van der Waals surface area contributed by atoms with Gasteiger partial charge >= 0.3 is 0 Å². The number of nitrogens with zero attached hydrogens (tertiary/aromatic N) is 4. The monoisotopic (exact) mass is 343 g/mol. The summed E-state index contributed by atoms with van der Waals surface area (Å²) in [5.41, 5.74) is 4.11. The standard InChI is InChI=1S/C17H21N5OS/c1-5-22-12(3)14(7-19-22)9-21-10-15(8-18-21)20-17(23)16-6-11(2)13(4)24-16/h6-8,10H,5,9H2,1-4H3,(H,20,23). The minimum Gasteiger partial charge on any atom is -0.319 e. The number of thiophene rings is 1. The van der Waals surface area contributed by atoms with Gasteiger partial charge in [-0.3, -0.25) is 14.2 Å². The van der Waals surface area contributed by atoms with Gasteiger partial charge in [0, 0.05) is 28.9 Å². The van der Waals surface area contributed by atoms with E-state index in [1.165, 1.54) is 16.2 Å². The van der Waals surface area contributed by atoms with Gasteiger partial charge in [0.15, 0.2) is 0 Å². The van der Waals surface area contributed by atoms with E-state index in [-0.39, 0.29) is 5.91 Å². The van der Waals surface area contributed by atoms with Gasteiger partial charge < -0.3 is 5.32 Å². The van der Waals surface area contributed by atoms with E-state index in [1.807, 2.05) is 41.7 Å². The third-order valence-corrected chi connectivity index (χ3v) is 5.27. The van der Waals surface area contributed by atoms with Gasteiger partial charge in [-0.15, -0.1) is 11.3 Å². The van der Waals surface area contributed by atoms with E-state index in [0.717, 1.165) is 28.2 Å². The maximum absolute atomic E-state index is 12.3. The first-order chi connectivity index (χ1) is 11.5. The molecule has 6 nitrogen and oxygen atoms in total. The highest BCUT2D eigenvalue weighted by Gasteiger charge is 2.12. The molecule has 1 amide bonds. The summed E-state index contributed by atoms with van der Waals surface area (Å²) in [4.78, 5) is 14.2. The molecule has 0 atom stereocenters. The molecule has 0 spiro atoms. The topological polar surface area (TPSA) is 64.7 Å². The lowest BCUT2D eigenvalue weighted by atomic mass is 10.2. The first-order valence-electron chi connectivity index (χ1n) is 7.90. The molecule has 3 aromatic rings. The van der Waals surface area contributed by atoms with Crippen LogP contribution in [0.25, 0.3) is 0 Å². The van der Waals surface area contributed by atoms with E-state index in [4.69, 9.17) is 0 Å². The van der Waals surface area contributed by atoms with Crippen molar-refractivity contribution in [2.45, 2.75) is 40.8 Å². The van der Waals surface area contributed by atoms with Crippen molar-refractivity contribution in [3.63, 3.8) is 0 Å². The van der Waals surface area contributed by atoms with Crippen molar-refractivity contribution < 1.29 is 4.79 Å². The van der Waals surface area contributed by atoms with Crippen LogP contribution >= 0.6 is 11.3 Å². The van der Waals surface area contributed by atoms with Crippen molar-refractivity contribution in [2.24, 2.45) is 0 Å². The van der Waals surface area contributed by atoms with Crippen molar-refractivity contribution >= 4 is 22.9 Å². The van der Waals surface area contributed by atoms with Crippen LogP contribution in [-0.2, 0) is 13.1 Å². The van der Waals surface area contributed by atoms with Crippen molar-refractivity contribution in [3.05, 3.63) is 51.2 Å². The van der Waals surface area contributed by atoms with Gasteiger partial charge in [-0.1, -0.05) is 0 Å². The minimum absolute atomic E-state index is 0.0919. The summed E-state index contributed by atoms with van der Waals surface area (Å²) < 4.78 is 3.77. The van der Waals surface area contributed by atoms with Crippen LogP contribution in [-0.4, -0.2) is 25.5 Å². The molecular formula is C17H21N5OS. The Bertz CT molecular complexity index is 854. The SMILES string of the molecule is CCn1ncc(Cn2cc(NC(=O)c3cc(C)c(C)s3)cn2)c1C. The number of hydrogen-bond donors (Lipinski definition) is 1. The van der Waals surface area contributed by atoms with Crippen LogP contribution in [0.4, 0.5) is 5.69 Å². The molecule has 0 saturated carbocycles. The van der Waals surface area contributed by atoms with Gasteiger partial charge in [0.1, 0.15) is 0 Å². The van der Waals surface area contributed by atoms with E-state index in [1.54, 1.807) is 6.20 Å². The molecule has 3 heterocycles. The number of aryl methyl sites for hydroxylation is 3. The Morgan fingerprint density at radius 1 is 1.25 bits per heavy atom. The van der Waals surface area contributed by atoms with Crippen LogP contribution in [0.2, 0.25) is 0 Å². The summed E-state index contributed by atoms with van der Waals surface area (Å²) in [6.45, 7) is 9.65. The predicted molar refractivity (Wildman–Crippen MR) is 95.7 cm³/mol. The summed E-state index contributed by atoms with van der Waals surface area (Å²) in [5.74, 6) is -0.0919. The molecule has 0 saturated heterocycles. The Morgan fingerprint density at radius 3 is 2.67 bits per heavy atom. The second-order valence-corrected chi connectivity index (χ2v) is 7.06. The van der Waals surface area contributed by atoms with Crippen LogP contribution in [0.15, 0.2) is 24.7 Å². The first-order valence-corrected chi connectivity index (χ1v) is 8.71. The minimum atomic E-state index is -0.0919. The third kappa shape index (κ3) is 3.26. The first kappa shape index (κ1) is 16.4. The van der Waals surface area contributed by atoms with Crippen LogP contribution in [0, 0.1) is 20.8 Å². The molecule has 1 N–H and O–H groups in total. The largest absolute Gasteiger partial charge is 0.319 e. The van der Waals surface area contributed by atoms with Gasteiger partial charge in [-0.05, 0) is 39.3 Å². The summed E-state index contributed by atoms with van der Waals surface area (Å²) in [6.07, 6.45) is 5.38. The molecule has 0 bridgehead atoms. The molecule has 126 valence electrons. The molecule has 7 heteroatoms. The number of hydrogen-bond acceptors (Lipinski definition) is 4. The zero-order chi connectivity index (χ0) is 17.3. The van der Waals surface area contributed by atoms with E-state index >= 15 is 0 Å². The van der Waals surface area contributed by atoms with Gasteiger partial charge in [0.05, 0.1) is 29.5 Å². The van der Waals surface area contributed by atoms with E-state index < -0.39 is 0 Å². The Labute approximate surface area is 145 Å². The molecule has 0 unspecified atom stereocenters. The molecule has 0 radical (unpaired) electrons. The highest BCUT2D eigenvalue weighted by atomic mass is 32.1. The Balaban J connectivity index is 1.69. The van der Waals surface area contributed by atoms with Gasteiger partial charge in [0.2, 0.25) is 0 Å². The molecule has 24 heavy (non-hydrogen) atoms. The number of rotatable bonds is 5. The zero-order valence-electron chi connectivity index (χ0n) is 14.3. The number of carbonyl (C=O) groups is 1. The number of anilines is 1. The Hall–Kier alpha value is -2.41. The maximum atomic E-state index is 12.3. The fourth-order valence-electron chi connectivity index (χ4n) is 2.53. The summed E-state index contributed by atoms with van der Waals surface area (Å²) >= 11 is 1.51. The normalized spacial score (nSPS) is 11.0. The summed E-state index contributed by atoms with van der Waals surface area (Å²) in [5, 5.41) is 11.6. The molecule has 0 aromatic carbocycles. The molecule has 3 aromatic heterocycles. The molecule has 0 fully saturated rings. The Morgan fingerprint density at radius 2 is 2.04 bits per heavy atom. The fraction of sp³-hybridized carbons (Fsp3) is 0.353. The molecule has 0 aliphatic carbocycles. The average Bonchev–Trinajstić information content (AvgIpc) is 3.22. The zero-order valence-corrected chi connectivity index (χ0v) is 15.1. The third-order valence-electron chi connectivity index (χ3n) is 4.12. The second kappa shape index (κ2) is 6.60. The number of amides is 1. The molecule has 0 aliphatic heterocycles. The summed E-state index contributed by atoms with van der Waals surface area (Å²) in [6, 6.07) is 1.92. The van der Waals surface area contributed by atoms with E-state index in [9.17, 15) is 4.79 Å². The van der Waals surface area contributed by atoms with Crippen molar-refractivity contribution in [1.82, 2.24) is 19.6 Å². The lowest BCUT2D eigenvalue weighted by molar-refractivity contribution is 0.103. The van der Waals surface area contributed by atoms with Crippen LogP contribution in [0.3, 0.4) is 0 Å². The van der Waals surface area contributed by atoms with Crippen LogP contribution in [0.5, 0.6) is 0 Å². The highest BCUT2D eigenvalue weighted by molar-refractivity contribution is 7.14. The van der Waals surface area contributed by atoms with Crippen LogP contribution in [0.1, 0.15) is 38.3 Å². The Kier molecular flexibility index (Phi) is 4.53. The highest BCUT2D eigenvalue weighted by Crippen LogP contribution is 2.21.